The second kappa shape index (κ2) is 8.48. The van der Waals surface area contributed by atoms with Crippen LogP contribution in [-0.2, 0) is 15.1 Å². The third-order valence-electron chi connectivity index (χ3n) is 5.04. The molecule has 3 rings (SSSR count). The van der Waals surface area contributed by atoms with Gasteiger partial charge in [0.2, 0.25) is 0 Å². The molecule has 2 aromatic carbocycles. The van der Waals surface area contributed by atoms with Crippen molar-refractivity contribution in [1.82, 2.24) is 5.32 Å². The number of hydrogen-bond donors (Lipinski definition) is 1. The van der Waals surface area contributed by atoms with Crippen LogP contribution >= 0.6 is 23.8 Å². The standard InChI is InChI=1S/C23H25ClN2O4S/c1-14(27)29-18-9-10-19(20(12-18)30-15(2)28)23(5)13-22(3,4)25-21(31)26(23)17-8-6-7-16(24)11-17/h6-12H,13H2,1-5H3,(H,25,31)/t23-/m1/s1. The lowest BCUT2D eigenvalue weighted by Gasteiger charge is -2.53. The van der Waals surface area contributed by atoms with Gasteiger partial charge in [-0.15, -0.1) is 0 Å². The molecule has 0 spiro atoms. The lowest BCUT2D eigenvalue weighted by Crippen LogP contribution is -2.65. The van der Waals surface area contributed by atoms with Crippen molar-refractivity contribution in [2.45, 2.75) is 52.1 Å². The van der Waals surface area contributed by atoms with Crippen LogP contribution in [0.5, 0.6) is 11.5 Å². The number of halogens is 1. The first-order valence-corrected chi connectivity index (χ1v) is 10.6. The smallest absolute Gasteiger partial charge is 0.308 e. The van der Waals surface area contributed by atoms with Crippen LogP contribution in [0, 0.1) is 0 Å². The molecule has 6 nitrogen and oxygen atoms in total. The highest BCUT2D eigenvalue weighted by Gasteiger charge is 2.47. The summed E-state index contributed by atoms with van der Waals surface area (Å²) in [6, 6.07) is 12.5. The Labute approximate surface area is 192 Å². The number of thiocarbonyl (C=S) groups is 1. The van der Waals surface area contributed by atoms with Gasteiger partial charge in [-0.05, 0) is 69.7 Å². The van der Waals surface area contributed by atoms with E-state index in [1.54, 1.807) is 24.3 Å². The third-order valence-corrected chi connectivity index (χ3v) is 5.56. The summed E-state index contributed by atoms with van der Waals surface area (Å²) in [6.45, 7) is 8.81. The van der Waals surface area contributed by atoms with Gasteiger partial charge < -0.3 is 19.7 Å². The van der Waals surface area contributed by atoms with E-state index in [0.29, 0.717) is 28.1 Å². The van der Waals surface area contributed by atoms with Crippen LogP contribution in [0.25, 0.3) is 0 Å². The molecule has 8 heteroatoms. The Morgan fingerprint density at radius 1 is 1.06 bits per heavy atom. The molecule has 0 aromatic heterocycles. The average molecular weight is 461 g/mol. The van der Waals surface area contributed by atoms with E-state index < -0.39 is 17.5 Å². The monoisotopic (exact) mass is 460 g/mol. The van der Waals surface area contributed by atoms with Gasteiger partial charge >= 0.3 is 11.9 Å². The Balaban J connectivity index is 2.22. The predicted octanol–water partition coefficient (Wildman–Crippen LogP) is 4.97. The van der Waals surface area contributed by atoms with E-state index in [4.69, 9.17) is 33.3 Å². The van der Waals surface area contributed by atoms with E-state index in [9.17, 15) is 9.59 Å². The minimum Gasteiger partial charge on any atom is -0.427 e. The summed E-state index contributed by atoms with van der Waals surface area (Å²) in [5, 5.41) is 4.49. The summed E-state index contributed by atoms with van der Waals surface area (Å²) in [5.74, 6) is -0.338. The molecule has 0 aliphatic carbocycles. The summed E-state index contributed by atoms with van der Waals surface area (Å²) >= 11 is 12.0. The van der Waals surface area contributed by atoms with Crippen LogP contribution in [0.1, 0.15) is 46.6 Å². The van der Waals surface area contributed by atoms with Crippen molar-refractivity contribution in [3.63, 3.8) is 0 Å². The highest BCUT2D eigenvalue weighted by Crippen LogP contribution is 2.46. The van der Waals surface area contributed by atoms with Crippen LogP contribution in [0.4, 0.5) is 5.69 Å². The summed E-state index contributed by atoms with van der Waals surface area (Å²) in [4.78, 5) is 25.3. The first kappa shape index (κ1) is 23.0. The number of nitrogens with zero attached hydrogens (tertiary/aromatic N) is 1. The van der Waals surface area contributed by atoms with Crippen LogP contribution in [0.3, 0.4) is 0 Å². The predicted molar refractivity (Wildman–Crippen MR) is 125 cm³/mol. The van der Waals surface area contributed by atoms with E-state index in [2.05, 4.69) is 19.2 Å². The van der Waals surface area contributed by atoms with Crippen molar-refractivity contribution in [1.29, 1.82) is 0 Å². The Hall–Kier alpha value is -2.64. The number of ether oxygens (including phenoxy) is 2. The maximum Gasteiger partial charge on any atom is 0.308 e. The fourth-order valence-corrected chi connectivity index (χ4v) is 4.97. The first-order valence-electron chi connectivity index (χ1n) is 9.81. The SMILES string of the molecule is CC(=O)Oc1ccc([C@@]2(C)CC(C)(C)NC(=S)N2c2cccc(Cl)c2)c(OC(C)=O)c1. The normalized spacial score (nSPS) is 20.1. The molecule has 1 aliphatic heterocycles. The summed E-state index contributed by atoms with van der Waals surface area (Å²) in [7, 11) is 0. The molecule has 0 amide bonds. The Morgan fingerprint density at radius 3 is 2.35 bits per heavy atom. The molecule has 1 aliphatic rings. The van der Waals surface area contributed by atoms with Crippen molar-refractivity contribution >= 4 is 46.6 Å². The third kappa shape index (κ3) is 4.99. The number of carbonyl (C=O) groups is 2. The number of nitrogens with one attached hydrogen (secondary N) is 1. The van der Waals surface area contributed by atoms with Gasteiger partial charge in [-0.1, -0.05) is 17.7 Å². The van der Waals surface area contributed by atoms with Crippen molar-refractivity contribution in [2.75, 3.05) is 4.90 Å². The van der Waals surface area contributed by atoms with Crippen LogP contribution in [0.15, 0.2) is 42.5 Å². The molecular weight excluding hydrogens is 436 g/mol. The van der Waals surface area contributed by atoms with Crippen LogP contribution < -0.4 is 19.7 Å². The highest BCUT2D eigenvalue weighted by molar-refractivity contribution is 7.80. The van der Waals surface area contributed by atoms with Gasteiger partial charge in [0.05, 0.1) is 5.54 Å². The Kier molecular flexibility index (Phi) is 6.30. The largest absolute Gasteiger partial charge is 0.427 e. The fraction of sp³-hybridized carbons (Fsp3) is 0.348. The van der Waals surface area contributed by atoms with Gasteiger partial charge in [-0.2, -0.15) is 0 Å². The van der Waals surface area contributed by atoms with Crippen molar-refractivity contribution in [2.24, 2.45) is 0 Å². The molecule has 0 bridgehead atoms. The molecule has 1 fully saturated rings. The van der Waals surface area contributed by atoms with Crippen LogP contribution in [-0.4, -0.2) is 22.6 Å². The second-order valence-corrected chi connectivity index (χ2v) is 9.25. The molecule has 31 heavy (non-hydrogen) atoms. The van der Waals surface area contributed by atoms with Gasteiger partial charge in [0.15, 0.2) is 5.11 Å². The van der Waals surface area contributed by atoms with E-state index in [1.165, 1.54) is 13.8 Å². The number of anilines is 1. The number of esters is 2. The lowest BCUT2D eigenvalue weighted by molar-refractivity contribution is -0.132. The molecule has 1 N–H and O–H groups in total. The highest BCUT2D eigenvalue weighted by atomic mass is 35.5. The molecule has 1 heterocycles. The maximum atomic E-state index is 11.9. The lowest BCUT2D eigenvalue weighted by atomic mass is 9.76. The van der Waals surface area contributed by atoms with E-state index in [0.717, 1.165) is 11.3 Å². The molecule has 2 aromatic rings. The van der Waals surface area contributed by atoms with Gasteiger partial charge in [-0.3, -0.25) is 9.59 Å². The zero-order chi connectivity index (χ0) is 23.0. The Bertz CT molecular complexity index is 1060. The van der Waals surface area contributed by atoms with E-state index in [1.807, 2.05) is 30.0 Å². The van der Waals surface area contributed by atoms with Gasteiger partial charge in [0, 0.05) is 41.7 Å². The number of rotatable bonds is 4. The average Bonchev–Trinajstić information content (AvgIpc) is 2.59. The Morgan fingerprint density at radius 2 is 1.74 bits per heavy atom. The van der Waals surface area contributed by atoms with Crippen molar-refractivity contribution in [3.05, 3.63) is 53.1 Å². The van der Waals surface area contributed by atoms with Crippen LogP contribution in [0.2, 0.25) is 5.02 Å². The van der Waals surface area contributed by atoms with E-state index >= 15 is 0 Å². The van der Waals surface area contributed by atoms with Gasteiger partial charge in [-0.25, -0.2) is 0 Å². The van der Waals surface area contributed by atoms with Crippen molar-refractivity contribution < 1.29 is 19.1 Å². The van der Waals surface area contributed by atoms with Gasteiger partial charge in [0.1, 0.15) is 11.5 Å². The fourth-order valence-electron chi connectivity index (χ4n) is 4.20. The summed E-state index contributed by atoms with van der Waals surface area (Å²) < 4.78 is 10.8. The maximum absolute atomic E-state index is 11.9. The number of carbonyl (C=O) groups excluding carboxylic acids is 2. The molecule has 164 valence electrons. The summed E-state index contributed by atoms with van der Waals surface area (Å²) in [6.07, 6.45) is 0.633. The molecule has 0 radical (unpaired) electrons. The molecular formula is C23H25ClN2O4S. The summed E-state index contributed by atoms with van der Waals surface area (Å²) in [5.41, 5.74) is 0.510. The van der Waals surface area contributed by atoms with E-state index in [-0.39, 0.29) is 5.54 Å². The zero-order valence-electron chi connectivity index (χ0n) is 18.1. The number of benzene rings is 2. The topological polar surface area (TPSA) is 67.9 Å². The quantitative estimate of drug-likeness (QED) is 0.392. The van der Waals surface area contributed by atoms with Crippen molar-refractivity contribution in [3.8, 4) is 11.5 Å². The second-order valence-electron chi connectivity index (χ2n) is 8.43. The molecule has 0 saturated carbocycles. The molecule has 1 saturated heterocycles. The first-order chi connectivity index (χ1) is 14.4. The molecule has 1 atom stereocenters. The van der Waals surface area contributed by atoms with Gasteiger partial charge in [0.25, 0.3) is 0 Å². The molecule has 0 unspecified atom stereocenters. The number of hydrogen-bond acceptors (Lipinski definition) is 5. The minimum absolute atomic E-state index is 0.293. The zero-order valence-corrected chi connectivity index (χ0v) is 19.7. The minimum atomic E-state index is -0.698.